The molecule has 0 aliphatic carbocycles. The molecule has 0 N–H and O–H groups in total. The smallest absolute Gasteiger partial charge is 0.213 e. The molecule has 134 valence electrons. The first-order valence-corrected chi connectivity index (χ1v) is 9.57. The number of fused-ring (bicyclic) bond motifs is 3. The molecule has 0 bridgehead atoms. The Balaban J connectivity index is 1.62. The van der Waals surface area contributed by atoms with Crippen LogP contribution in [0.3, 0.4) is 0 Å². The maximum Gasteiger partial charge on any atom is 0.213 e. The highest BCUT2D eigenvalue weighted by molar-refractivity contribution is 6.31. The van der Waals surface area contributed by atoms with Crippen LogP contribution in [0.2, 0.25) is 10.0 Å². The Labute approximate surface area is 167 Å². The number of ether oxygens (including phenoxy) is 1. The fourth-order valence-corrected chi connectivity index (χ4v) is 4.12. The highest BCUT2D eigenvalue weighted by atomic mass is 35.5. The Morgan fingerprint density at radius 3 is 2.52 bits per heavy atom. The minimum Gasteiger partial charge on any atom is -0.464 e. The van der Waals surface area contributed by atoms with Gasteiger partial charge < -0.3 is 4.74 Å². The molecule has 2 heterocycles. The summed E-state index contributed by atoms with van der Waals surface area (Å²) < 4.78 is 6.33. The van der Waals surface area contributed by atoms with E-state index < -0.39 is 0 Å². The van der Waals surface area contributed by atoms with E-state index in [1.165, 1.54) is 0 Å². The zero-order valence-corrected chi connectivity index (χ0v) is 15.9. The second-order valence-corrected chi connectivity index (χ2v) is 7.59. The predicted molar refractivity (Wildman–Crippen MR) is 108 cm³/mol. The number of hydrogen-bond donors (Lipinski definition) is 0. The molecule has 27 heavy (non-hydrogen) atoms. The lowest BCUT2D eigenvalue weighted by Crippen LogP contribution is -2.33. The summed E-state index contributed by atoms with van der Waals surface area (Å²) in [5, 5.41) is 8.35. The number of halogens is 2. The van der Waals surface area contributed by atoms with Gasteiger partial charge in [0.2, 0.25) is 6.23 Å². The van der Waals surface area contributed by atoms with Crippen molar-refractivity contribution in [2.45, 2.75) is 18.7 Å². The molecule has 0 saturated heterocycles. The van der Waals surface area contributed by atoms with Crippen molar-refractivity contribution in [1.29, 1.82) is 0 Å². The summed E-state index contributed by atoms with van der Waals surface area (Å²) in [4.78, 5) is 0. The molecular weight excluding hydrogens is 379 g/mol. The average Bonchev–Trinajstić information content (AvgIpc) is 3.14. The summed E-state index contributed by atoms with van der Waals surface area (Å²) in [7, 11) is 0. The molecule has 3 nitrogen and oxygen atoms in total. The zero-order valence-electron chi connectivity index (χ0n) is 14.3. The molecule has 0 saturated carbocycles. The van der Waals surface area contributed by atoms with E-state index in [4.69, 9.17) is 33.0 Å². The van der Waals surface area contributed by atoms with Gasteiger partial charge in [-0.05, 0) is 35.9 Å². The molecule has 0 radical (unpaired) electrons. The van der Waals surface area contributed by atoms with Crippen molar-refractivity contribution in [3.63, 3.8) is 0 Å². The van der Waals surface area contributed by atoms with Crippen LogP contribution in [-0.4, -0.2) is 10.7 Å². The maximum absolute atomic E-state index is 6.33. The minimum absolute atomic E-state index is 0.0756. The number of rotatable bonds is 2. The molecule has 3 aromatic carbocycles. The molecular formula is C22H16Cl2N2O. The summed E-state index contributed by atoms with van der Waals surface area (Å²) >= 11 is 12.5. The number of benzene rings is 3. The SMILES string of the molecule is Clc1cccc([C@H]2Oc3ccc(Cl)cc3[C@@H]3CC(c4ccccc4)=NN23)c1. The standard InChI is InChI=1S/C22H16Cl2N2O/c23-16-8-4-7-15(11-16)22-26-20(18-12-17(24)9-10-21(18)27-22)13-19(25-26)14-5-2-1-3-6-14/h1-12,20,22H,13H2/t20-,22+/m0/s1. The second-order valence-electron chi connectivity index (χ2n) is 6.72. The van der Waals surface area contributed by atoms with Crippen molar-refractivity contribution in [2.24, 2.45) is 5.10 Å². The summed E-state index contributed by atoms with van der Waals surface area (Å²) in [5.41, 5.74) is 4.21. The maximum atomic E-state index is 6.33. The van der Waals surface area contributed by atoms with Crippen LogP contribution in [0.5, 0.6) is 5.75 Å². The number of nitrogens with zero attached hydrogens (tertiary/aromatic N) is 2. The lowest BCUT2D eigenvalue weighted by atomic mass is 9.96. The Bertz CT molecular complexity index is 1040. The van der Waals surface area contributed by atoms with Crippen LogP contribution in [0.15, 0.2) is 77.9 Å². The van der Waals surface area contributed by atoms with Crippen LogP contribution >= 0.6 is 23.2 Å². The largest absolute Gasteiger partial charge is 0.464 e. The molecule has 0 spiro atoms. The molecule has 0 unspecified atom stereocenters. The van der Waals surface area contributed by atoms with Gasteiger partial charge in [-0.1, -0.05) is 65.7 Å². The summed E-state index contributed by atoms with van der Waals surface area (Å²) in [6.45, 7) is 0. The van der Waals surface area contributed by atoms with Crippen LogP contribution in [0.1, 0.15) is 35.4 Å². The van der Waals surface area contributed by atoms with E-state index in [-0.39, 0.29) is 12.3 Å². The van der Waals surface area contributed by atoms with Crippen LogP contribution in [0, 0.1) is 0 Å². The van der Waals surface area contributed by atoms with E-state index in [2.05, 4.69) is 12.1 Å². The van der Waals surface area contributed by atoms with Gasteiger partial charge in [-0.2, -0.15) is 5.10 Å². The Kier molecular flexibility index (Phi) is 4.07. The lowest BCUT2D eigenvalue weighted by Gasteiger charge is -2.38. The van der Waals surface area contributed by atoms with Crippen molar-refractivity contribution >= 4 is 28.9 Å². The van der Waals surface area contributed by atoms with Crippen LogP contribution < -0.4 is 4.74 Å². The second kappa shape index (κ2) is 6.59. The molecule has 0 fully saturated rings. The molecule has 3 aromatic rings. The molecule has 0 amide bonds. The topological polar surface area (TPSA) is 24.8 Å². The summed E-state index contributed by atoms with van der Waals surface area (Å²) in [6, 6.07) is 23.9. The van der Waals surface area contributed by atoms with Gasteiger partial charge in [-0.15, -0.1) is 0 Å². The third-order valence-corrected chi connectivity index (χ3v) is 5.46. The summed E-state index contributed by atoms with van der Waals surface area (Å²) in [5.74, 6) is 0.843. The third-order valence-electron chi connectivity index (χ3n) is 4.99. The highest BCUT2D eigenvalue weighted by Crippen LogP contribution is 2.48. The van der Waals surface area contributed by atoms with Crippen molar-refractivity contribution in [1.82, 2.24) is 5.01 Å². The molecule has 5 heteroatoms. The molecule has 0 aromatic heterocycles. The first-order valence-electron chi connectivity index (χ1n) is 8.82. The van der Waals surface area contributed by atoms with Gasteiger partial charge in [-0.25, -0.2) is 5.01 Å². The van der Waals surface area contributed by atoms with E-state index in [1.54, 1.807) is 0 Å². The normalized spacial score (nSPS) is 20.5. The van der Waals surface area contributed by atoms with Gasteiger partial charge in [0, 0.05) is 27.6 Å². The Morgan fingerprint density at radius 2 is 1.70 bits per heavy atom. The van der Waals surface area contributed by atoms with Gasteiger partial charge >= 0.3 is 0 Å². The first-order chi connectivity index (χ1) is 13.2. The Morgan fingerprint density at radius 1 is 0.889 bits per heavy atom. The van der Waals surface area contributed by atoms with E-state index in [1.807, 2.05) is 65.7 Å². The van der Waals surface area contributed by atoms with Crippen LogP contribution in [0.4, 0.5) is 0 Å². The van der Waals surface area contributed by atoms with Crippen molar-refractivity contribution < 1.29 is 4.74 Å². The van der Waals surface area contributed by atoms with Gasteiger partial charge in [-0.3, -0.25) is 0 Å². The van der Waals surface area contributed by atoms with Crippen molar-refractivity contribution in [2.75, 3.05) is 0 Å². The van der Waals surface area contributed by atoms with Crippen molar-refractivity contribution in [3.05, 3.63) is 99.5 Å². The number of hydrazone groups is 1. The van der Waals surface area contributed by atoms with Crippen LogP contribution in [-0.2, 0) is 0 Å². The predicted octanol–water partition coefficient (Wildman–Crippen LogP) is 6.24. The van der Waals surface area contributed by atoms with Crippen molar-refractivity contribution in [3.8, 4) is 5.75 Å². The van der Waals surface area contributed by atoms with E-state index >= 15 is 0 Å². The Hall–Kier alpha value is -2.49. The zero-order chi connectivity index (χ0) is 18.4. The summed E-state index contributed by atoms with van der Waals surface area (Å²) in [6.07, 6.45) is 0.473. The number of hydrogen-bond acceptors (Lipinski definition) is 3. The molecule has 2 aliphatic rings. The molecule has 5 rings (SSSR count). The minimum atomic E-state index is -0.330. The average molecular weight is 395 g/mol. The molecule has 2 aliphatic heterocycles. The van der Waals surface area contributed by atoms with Gasteiger partial charge in [0.1, 0.15) is 5.75 Å². The fourth-order valence-electron chi connectivity index (χ4n) is 3.74. The first kappa shape index (κ1) is 16.7. The molecule has 2 atom stereocenters. The van der Waals surface area contributed by atoms with Gasteiger partial charge in [0.05, 0.1) is 11.8 Å². The van der Waals surface area contributed by atoms with Crippen LogP contribution in [0.25, 0.3) is 0 Å². The van der Waals surface area contributed by atoms with E-state index in [0.29, 0.717) is 10.0 Å². The van der Waals surface area contributed by atoms with E-state index in [9.17, 15) is 0 Å². The highest BCUT2D eigenvalue weighted by Gasteiger charge is 2.41. The fraction of sp³-hybridized carbons (Fsp3) is 0.136. The van der Waals surface area contributed by atoms with Gasteiger partial charge in [0.15, 0.2) is 0 Å². The third kappa shape index (κ3) is 2.97. The van der Waals surface area contributed by atoms with Gasteiger partial charge in [0.25, 0.3) is 0 Å². The monoisotopic (exact) mass is 394 g/mol. The lowest BCUT2D eigenvalue weighted by molar-refractivity contribution is -0.0190. The van der Waals surface area contributed by atoms with E-state index in [0.717, 1.165) is 34.6 Å². The quantitative estimate of drug-likeness (QED) is 0.513.